The van der Waals surface area contributed by atoms with E-state index in [0.29, 0.717) is 24.2 Å². The Morgan fingerprint density at radius 2 is 1.67 bits per heavy atom. The van der Waals surface area contributed by atoms with E-state index in [-0.39, 0.29) is 24.2 Å². The summed E-state index contributed by atoms with van der Waals surface area (Å²) < 4.78 is 5.42. The maximum atomic E-state index is 12.3. The molecule has 1 unspecified atom stereocenters. The number of ether oxygens (including phenoxy) is 1. The first-order valence-electron chi connectivity index (χ1n) is 9.82. The zero-order valence-electron chi connectivity index (χ0n) is 16.3. The molecule has 0 fully saturated rings. The number of carbonyl (C=O) groups excluding carboxylic acids is 2. The summed E-state index contributed by atoms with van der Waals surface area (Å²) in [5, 5.41) is 11.8. The van der Waals surface area contributed by atoms with E-state index in [0.717, 1.165) is 22.4 Å². The highest BCUT2D eigenvalue weighted by Crippen LogP contribution is 2.28. The van der Waals surface area contributed by atoms with Gasteiger partial charge >= 0.3 is 5.97 Å². The maximum Gasteiger partial charge on any atom is 0.311 e. The van der Waals surface area contributed by atoms with Crippen LogP contribution < -0.4 is 10.1 Å². The first-order valence-corrected chi connectivity index (χ1v) is 9.82. The number of anilines is 1. The molecule has 0 saturated carbocycles. The molecule has 1 amide bonds. The second-order valence-corrected chi connectivity index (χ2v) is 7.27. The Morgan fingerprint density at radius 3 is 2.37 bits per heavy atom. The number of para-hydroxylation sites is 1. The number of nitrogens with one attached hydrogen (secondary N) is 1. The molecule has 3 aromatic carbocycles. The molecule has 5 heteroatoms. The second-order valence-electron chi connectivity index (χ2n) is 7.27. The van der Waals surface area contributed by atoms with Gasteiger partial charge in [0.25, 0.3) is 0 Å². The Hall–Kier alpha value is -3.91. The lowest BCUT2D eigenvalue weighted by atomic mass is 9.90. The van der Waals surface area contributed by atoms with Gasteiger partial charge in [-0.2, -0.15) is 5.26 Å². The van der Waals surface area contributed by atoms with Crippen molar-refractivity contribution in [1.29, 1.82) is 5.26 Å². The van der Waals surface area contributed by atoms with E-state index in [4.69, 9.17) is 10.00 Å². The van der Waals surface area contributed by atoms with Crippen LogP contribution in [0.2, 0.25) is 0 Å². The van der Waals surface area contributed by atoms with Crippen molar-refractivity contribution in [3.8, 4) is 22.9 Å². The molecule has 1 heterocycles. The van der Waals surface area contributed by atoms with E-state index >= 15 is 0 Å². The lowest BCUT2D eigenvalue weighted by molar-refractivity contribution is -0.134. The van der Waals surface area contributed by atoms with Crippen molar-refractivity contribution in [2.45, 2.75) is 19.3 Å². The topological polar surface area (TPSA) is 79.2 Å². The average molecular weight is 396 g/mol. The van der Waals surface area contributed by atoms with Crippen LogP contribution in [-0.4, -0.2) is 11.9 Å². The van der Waals surface area contributed by atoms with Crippen LogP contribution in [0.3, 0.4) is 0 Å². The number of rotatable bonds is 5. The summed E-state index contributed by atoms with van der Waals surface area (Å²) in [5.74, 6) is -0.164. The van der Waals surface area contributed by atoms with Crippen LogP contribution in [0.4, 0.5) is 5.69 Å². The molecule has 1 aliphatic heterocycles. The normalized spacial score (nSPS) is 14.9. The van der Waals surface area contributed by atoms with Crippen LogP contribution in [0.15, 0.2) is 72.8 Å². The minimum absolute atomic E-state index is 0.0479. The molecule has 0 bridgehead atoms. The molecule has 0 spiro atoms. The number of hydrogen-bond donors (Lipinski definition) is 1. The molecule has 0 radical (unpaired) electrons. The van der Waals surface area contributed by atoms with Crippen molar-refractivity contribution in [1.82, 2.24) is 0 Å². The quantitative estimate of drug-likeness (QED) is 0.500. The van der Waals surface area contributed by atoms with Gasteiger partial charge in [0.2, 0.25) is 5.91 Å². The molecule has 0 aromatic heterocycles. The predicted octanol–water partition coefficient (Wildman–Crippen LogP) is 4.72. The van der Waals surface area contributed by atoms with E-state index in [1.165, 1.54) is 0 Å². The van der Waals surface area contributed by atoms with Crippen LogP contribution in [0, 0.1) is 17.2 Å². The minimum atomic E-state index is -0.354. The average Bonchev–Trinajstić information content (AvgIpc) is 2.78. The molecule has 1 atom stereocenters. The number of carbonyl (C=O) groups is 2. The van der Waals surface area contributed by atoms with Crippen molar-refractivity contribution >= 4 is 17.6 Å². The van der Waals surface area contributed by atoms with Crippen LogP contribution in [-0.2, 0) is 16.0 Å². The Kier molecular flexibility index (Phi) is 5.58. The number of fused-ring (bicyclic) bond motifs is 1. The summed E-state index contributed by atoms with van der Waals surface area (Å²) in [5.41, 5.74) is 4.50. The summed E-state index contributed by atoms with van der Waals surface area (Å²) >= 11 is 0. The Balaban J connectivity index is 1.32. The van der Waals surface area contributed by atoms with Crippen LogP contribution >= 0.6 is 0 Å². The lowest BCUT2D eigenvalue weighted by Gasteiger charge is -2.24. The summed E-state index contributed by atoms with van der Waals surface area (Å²) in [6, 6.07) is 24.3. The molecular weight excluding hydrogens is 376 g/mol. The fourth-order valence-electron chi connectivity index (χ4n) is 3.57. The molecule has 0 saturated heterocycles. The predicted molar refractivity (Wildman–Crippen MR) is 114 cm³/mol. The third kappa shape index (κ3) is 4.39. The fourth-order valence-corrected chi connectivity index (χ4v) is 3.57. The highest BCUT2D eigenvalue weighted by molar-refractivity contribution is 5.95. The molecule has 30 heavy (non-hydrogen) atoms. The molecule has 4 rings (SSSR count). The van der Waals surface area contributed by atoms with E-state index in [1.54, 1.807) is 24.3 Å². The summed E-state index contributed by atoms with van der Waals surface area (Å²) in [7, 11) is 0. The standard InChI is InChI=1S/C25H20N2O3/c26-16-17-5-7-18(8-6-17)19-9-12-22(13-10-19)30-24(28)14-11-21-15-20-3-1-2-4-23(20)27-25(21)29/h1-10,12-13,21H,11,14-15H2,(H,27,29). The smallest absolute Gasteiger partial charge is 0.311 e. The second kappa shape index (κ2) is 8.62. The van der Waals surface area contributed by atoms with Gasteiger partial charge in [-0.25, -0.2) is 0 Å². The van der Waals surface area contributed by atoms with Gasteiger partial charge in [-0.05, 0) is 59.9 Å². The van der Waals surface area contributed by atoms with E-state index in [1.807, 2.05) is 48.5 Å². The molecule has 3 aromatic rings. The molecule has 0 aliphatic carbocycles. The van der Waals surface area contributed by atoms with Crippen molar-refractivity contribution in [3.05, 3.63) is 83.9 Å². The zero-order chi connectivity index (χ0) is 20.9. The van der Waals surface area contributed by atoms with Gasteiger partial charge in [-0.3, -0.25) is 9.59 Å². The van der Waals surface area contributed by atoms with E-state index < -0.39 is 0 Å². The number of esters is 1. The molecule has 5 nitrogen and oxygen atoms in total. The first-order chi connectivity index (χ1) is 14.6. The lowest BCUT2D eigenvalue weighted by Crippen LogP contribution is -2.30. The molecular formula is C25H20N2O3. The maximum absolute atomic E-state index is 12.3. The van der Waals surface area contributed by atoms with Crippen LogP contribution in [0.25, 0.3) is 11.1 Å². The zero-order valence-corrected chi connectivity index (χ0v) is 16.3. The van der Waals surface area contributed by atoms with Crippen LogP contribution in [0.1, 0.15) is 24.0 Å². The molecule has 1 N–H and O–H groups in total. The summed E-state index contributed by atoms with van der Waals surface area (Å²) in [4.78, 5) is 24.5. The van der Waals surface area contributed by atoms with Crippen molar-refractivity contribution in [2.75, 3.05) is 5.32 Å². The first kappa shape index (κ1) is 19.4. The highest BCUT2D eigenvalue weighted by Gasteiger charge is 2.26. The van der Waals surface area contributed by atoms with Crippen LogP contribution in [0.5, 0.6) is 5.75 Å². The minimum Gasteiger partial charge on any atom is -0.427 e. The van der Waals surface area contributed by atoms with Gasteiger partial charge in [0, 0.05) is 18.0 Å². The number of nitrogens with zero attached hydrogens (tertiary/aromatic N) is 1. The SMILES string of the molecule is N#Cc1ccc(-c2ccc(OC(=O)CCC3Cc4ccccc4NC3=O)cc2)cc1. The van der Waals surface area contributed by atoms with Gasteiger partial charge in [0.1, 0.15) is 5.75 Å². The highest BCUT2D eigenvalue weighted by atomic mass is 16.5. The largest absolute Gasteiger partial charge is 0.427 e. The van der Waals surface area contributed by atoms with Gasteiger partial charge in [0.15, 0.2) is 0 Å². The van der Waals surface area contributed by atoms with Gasteiger partial charge in [-0.1, -0.05) is 42.5 Å². The Morgan fingerprint density at radius 1 is 1.00 bits per heavy atom. The fraction of sp³-hybridized carbons (Fsp3) is 0.160. The third-order valence-electron chi connectivity index (χ3n) is 5.24. The number of nitriles is 1. The van der Waals surface area contributed by atoms with Gasteiger partial charge in [0.05, 0.1) is 11.6 Å². The van der Waals surface area contributed by atoms with Crippen molar-refractivity contribution in [3.63, 3.8) is 0 Å². The number of hydrogen-bond acceptors (Lipinski definition) is 4. The number of benzene rings is 3. The summed E-state index contributed by atoms with van der Waals surface area (Å²) in [6.07, 6.45) is 1.26. The monoisotopic (exact) mass is 396 g/mol. The van der Waals surface area contributed by atoms with E-state index in [9.17, 15) is 9.59 Å². The third-order valence-corrected chi connectivity index (χ3v) is 5.24. The van der Waals surface area contributed by atoms with Crippen molar-refractivity contribution < 1.29 is 14.3 Å². The molecule has 148 valence electrons. The Bertz CT molecular complexity index is 1110. The Labute approximate surface area is 174 Å². The summed E-state index contributed by atoms with van der Waals surface area (Å²) in [6.45, 7) is 0. The van der Waals surface area contributed by atoms with Gasteiger partial charge in [-0.15, -0.1) is 0 Å². The van der Waals surface area contributed by atoms with Gasteiger partial charge < -0.3 is 10.1 Å². The molecule has 1 aliphatic rings. The van der Waals surface area contributed by atoms with E-state index in [2.05, 4.69) is 11.4 Å². The van der Waals surface area contributed by atoms with Crippen molar-refractivity contribution in [2.24, 2.45) is 5.92 Å². The number of amides is 1.